The lowest BCUT2D eigenvalue weighted by Gasteiger charge is -2.37. The smallest absolute Gasteiger partial charge is 0.254 e. The minimum atomic E-state index is -0.199. The van der Waals surface area contributed by atoms with E-state index in [0.717, 1.165) is 22.2 Å². The van der Waals surface area contributed by atoms with Gasteiger partial charge in [0.2, 0.25) is 5.91 Å². The molecule has 1 aromatic heterocycles. The van der Waals surface area contributed by atoms with Crippen molar-refractivity contribution in [1.82, 2.24) is 9.80 Å². The fourth-order valence-corrected chi connectivity index (χ4v) is 5.72. The van der Waals surface area contributed by atoms with E-state index in [4.69, 9.17) is 9.47 Å². The normalized spacial score (nSPS) is 14.9. The summed E-state index contributed by atoms with van der Waals surface area (Å²) in [5, 5.41) is 2.07. The van der Waals surface area contributed by atoms with Crippen molar-refractivity contribution in [2.45, 2.75) is 25.8 Å². The van der Waals surface area contributed by atoms with Crippen molar-refractivity contribution in [2.24, 2.45) is 0 Å². The number of methoxy groups -OCH3 is 1. The number of hydrogen-bond acceptors (Lipinski definition) is 5. The van der Waals surface area contributed by atoms with Crippen LogP contribution in [0, 0.1) is 6.92 Å². The first-order valence-electron chi connectivity index (χ1n) is 12.0. The molecule has 8 heteroatoms. The molecular weight excluding hydrogens is 540 g/mol. The lowest BCUT2D eigenvalue weighted by Crippen LogP contribution is -2.48. The van der Waals surface area contributed by atoms with Crippen LogP contribution in [-0.2, 0) is 16.0 Å². The zero-order valence-electron chi connectivity index (χ0n) is 20.6. The van der Waals surface area contributed by atoms with Gasteiger partial charge in [-0.15, -0.1) is 11.3 Å². The summed E-state index contributed by atoms with van der Waals surface area (Å²) in [5.74, 6) is 0.535. The van der Waals surface area contributed by atoms with Gasteiger partial charge in [-0.05, 0) is 67.1 Å². The number of aryl methyl sites for hydroxylation is 1. The maximum absolute atomic E-state index is 13.7. The van der Waals surface area contributed by atoms with Crippen molar-refractivity contribution < 1.29 is 19.1 Å². The van der Waals surface area contributed by atoms with E-state index < -0.39 is 0 Å². The second-order valence-electron chi connectivity index (χ2n) is 8.86. The molecule has 0 saturated heterocycles. The molecule has 0 radical (unpaired) electrons. The van der Waals surface area contributed by atoms with Crippen molar-refractivity contribution in [3.8, 4) is 5.75 Å². The van der Waals surface area contributed by atoms with Crippen LogP contribution in [0.4, 0.5) is 0 Å². The molecule has 4 rings (SSSR count). The first kappa shape index (κ1) is 26.4. The summed E-state index contributed by atoms with van der Waals surface area (Å²) in [6.07, 6.45) is 1.46. The number of thiophene rings is 1. The SMILES string of the molecule is COCCCN(CC(=O)N1CCc2sccc2C1COc1ccc(C)cc1)C(=O)c1cccc(Br)c1. The summed E-state index contributed by atoms with van der Waals surface area (Å²) in [6.45, 7) is 3.97. The molecule has 0 bridgehead atoms. The topological polar surface area (TPSA) is 59.1 Å². The Morgan fingerprint density at radius 3 is 2.72 bits per heavy atom. The number of nitrogens with zero attached hydrogens (tertiary/aromatic N) is 2. The van der Waals surface area contributed by atoms with E-state index in [1.165, 1.54) is 10.4 Å². The van der Waals surface area contributed by atoms with Gasteiger partial charge in [0.05, 0.1) is 6.04 Å². The maximum Gasteiger partial charge on any atom is 0.254 e. The van der Waals surface area contributed by atoms with E-state index in [1.807, 2.05) is 48.2 Å². The van der Waals surface area contributed by atoms with Gasteiger partial charge in [-0.1, -0.05) is 39.7 Å². The van der Waals surface area contributed by atoms with Crippen LogP contribution < -0.4 is 4.74 Å². The lowest BCUT2D eigenvalue weighted by molar-refractivity contribution is -0.135. The highest BCUT2D eigenvalue weighted by Crippen LogP contribution is 2.34. The molecule has 0 aliphatic carbocycles. The van der Waals surface area contributed by atoms with Gasteiger partial charge in [-0.2, -0.15) is 0 Å². The molecule has 0 saturated carbocycles. The van der Waals surface area contributed by atoms with Gasteiger partial charge in [0.1, 0.15) is 18.9 Å². The predicted molar refractivity (Wildman–Crippen MR) is 146 cm³/mol. The summed E-state index contributed by atoms with van der Waals surface area (Å²) in [6, 6.07) is 17.1. The molecule has 2 aromatic carbocycles. The Morgan fingerprint density at radius 1 is 1.17 bits per heavy atom. The molecule has 1 aliphatic heterocycles. The second kappa shape index (κ2) is 12.5. The summed E-state index contributed by atoms with van der Waals surface area (Å²) in [4.78, 5) is 31.8. The molecule has 0 fully saturated rings. The first-order valence-corrected chi connectivity index (χ1v) is 13.7. The number of rotatable bonds is 10. The maximum atomic E-state index is 13.7. The number of benzene rings is 2. The van der Waals surface area contributed by atoms with Crippen LogP contribution in [0.2, 0.25) is 0 Å². The monoisotopic (exact) mass is 570 g/mol. The highest BCUT2D eigenvalue weighted by atomic mass is 79.9. The van der Waals surface area contributed by atoms with Crippen molar-refractivity contribution in [3.63, 3.8) is 0 Å². The minimum absolute atomic E-state index is 0.00949. The zero-order valence-corrected chi connectivity index (χ0v) is 23.0. The zero-order chi connectivity index (χ0) is 25.5. The molecule has 1 atom stereocenters. The summed E-state index contributed by atoms with van der Waals surface area (Å²) >= 11 is 5.16. The van der Waals surface area contributed by atoms with Crippen molar-refractivity contribution in [1.29, 1.82) is 0 Å². The molecule has 0 N–H and O–H groups in total. The van der Waals surface area contributed by atoms with Gasteiger partial charge in [-0.25, -0.2) is 0 Å². The highest BCUT2D eigenvalue weighted by molar-refractivity contribution is 9.10. The average molecular weight is 572 g/mol. The third-order valence-electron chi connectivity index (χ3n) is 6.31. The summed E-state index contributed by atoms with van der Waals surface area (Å²) in [5.41, 5.74) is 2.85. The molecule has 0 spiro atoms. The quantitative estimate of drug-likeness (QED) is 0.302. The molecule has 1 aliphatic rings. The molecule has 3 aromatic rings. The van der Waals surface area contributed by atoms with Gasteiger partial charge in [0.25, 0.3) is 5.91 Å². The van der Waals surface area contributed by atoms with E-state index in [-0.39, 0.29) is 24.4 Å². The Bertz CT molecular complexity index is 1180. The molecule has 190 valence electrons. The van der Waals surface area contributed by atoms with E-state index in [2.05, 4.69) is 27.4 Å². The Balaban J connectivity index is 1.52. The summed E-state index contributed by atoms with van der Waals surface area (Å²) in [7, 11) is 1.64. The van der Waals surface area contributed by atoms with Gasteiger partial charge in [0, 0.05) is 41.7 Å². The number of carbonyl (C=O) groups is 2. The molecule has 1 unspecified atom stereocenters. The molecule has 2 heterocycles. The number of fused-ring (bicyclic) bond motifs is 1. The third kappa shape index (κ3) is 6.55. The predicted octanol–water partition coefficient (Wildman–Crippen LogP) is 5.50. The average Bonchev–Trinajstić information content (AvgIpc) is 3.36. The van der Waals surface area contributed by atoms with Crippen LogP contribution in [-0.4, -0.2) is 61.6 Å². The minimum Gasteiger partial charge on any atom is -0.491 e. The largest absolute Gasteiger partial charge is 0.491 e. The molecule has 6 nitrogen and oxygen atoms in total. The fourth-order valence-electron chi connectivity index (χ4n) is 4.39. The third-order valence-corrected chi connectivity index (χ3v) is 7.80. The standard InChI is InChI=1S/C28H31BrN2O4S/c1-20-7-9-23(10-8-20)35-19-25-24-12-16-36-26(24)11-14-31(25)27(32)18-30(13-4-15-34-2)28(33)21-5-3-6-22(29)17-21/h3,5-10,12,16-17,25H,4,11,13-15,18-19H2,1-2H3. The van der Waals surface area contributed by atoms with Crippen LogP contribution >= 0.6 is 27.3 Å². The van der Waals surface area contributed by atoms with E-state index in [1.54, 1.807) is 35.5 Å². The molecular formula is C28H31BrN2O4S. The van der Waals surface area contributed by atoms with E-state index in [9.17, 15) is 9.59 Å². The van der Waals surface area contributed by atoms with E-state index in [0.29, 0.717) is 38.3 Å². The number of ether oxygens (including phenoxy) is 2. The van der Waals surface area contributed by atoms with E-state index >= 15 is 0 Å². The Hall–Kier alpha value is -2.68. The fraction of sp³-hybridized carbons (Fsp3) is 0.357. The van der Waals surface area contributed by atoms with Crippen LogP contribution in [0.15, 0.2) is 64.5 Å². The summed E-state index contributed by atoms with van der Waals surface area (Å²) < 4.78 is 12.1. The molecule has 36 heavy (non-hydrogen) atoms. The van der Waals surface area contributed by atoms with Gasteiger partial charge in [-0.3, -0.25) is 9.59 Å². The van der Waals surface area contributed by atoms with Crippen molar-refractivity contribution >= 4 is 39.1 Å². The number of hydrogen-bond donors (Lipinski definition) is 0. The Labute approximate surface area is 224 Å². The Morgan fingerprint density at radius 2 is 1.97 bits per heavy atom. The van der Waals surface area contributed by atoms with Crippen LogP contribution in [0.25, 0.3) is 0 Å². The van der Waals surface area contributed by atoms with Crippen LogP contribution in [0.1, 0.15) is 38.8 Å². The van der Waals surface area contributed by atoms with Crippen LogP contribution in [0.5, 0.6) is 5.75 Å². The Kier molecular flexibility index (Phi) is 9.18. The number of carbonyl (C=O) groups excluding carboxylic acids is 2. The molecule has 2 amide bonds. The first-order chi connectivity index (χ1) is 17.5. The number of amides is 2. The number of halogens is 1. The van der Waals surface area contributed by atoms with Crippen molar-refractivity contribution in [3.05, 3.63) is 86.0 Å². The second-order valence-corrected chi connectivity index (χ2v) is 10.8. The highest BCUT2D eigenvalue weighted by Gasteiger charge is 2.33. The lowest BCUT2D eigenvalue weighted by atomic mass is 10.0. The van der Waals surface area contributed by atoms with Crippen molar-refractivity contribution in [2.75, 3.05) is 40.0 Å². The van der Waals surface area contributed by atoms with Gasteiger partial charge >= 0.3 is 0 Å². The van der Waals surface area contributed by atoms with Gasteiger partial charge in [0.15, 0.2) is 0 Å². The van der Waals surface area contributed by atoms with Gasteiger partial charge < -0.3 is 19.3 Å². The van der Waals surface area contributed by atoms with Crippen LogP contribution in [0.3, 0.4) is 0 Å².